The molecule has 0 bridgehead atoms. The largest absolute Gasteiger partial charge is 0.334 e. The van der Waals surface area contributed by atoms with Gasteiger partial charge in [-0.3, -0.25) is 4.79 Å². The van der Waals surface area contributed by atoms with Crippen LogP contribution in [0.15, 0.2) is 47.3 Å². The molecule has 0 aliphatic heterocycles. The Morgan fingerprint density at radius 3 is 2.58 bits per heavy atom. The van der Waals surface area contributed by atoms with Gasteiger partial charge in [0.25, 0.3) is 5.56 Å². The van der Waals surface area contributed by atoms with E-state index in [9.17, 15) is 9.59 Å². The van der Waals surface area contributed by atoms with E-state index in [-0.39, 0.29) is 18.1 Å². The Balaban J connectivity index is 1.74. The molecule has 2 amide bonds. The Bertz CT molecular complexity index is 1110. The summed E-state index contributed by atoms with van der Waals surface area (Å²) in [5.74, 6) is 0.427. The molecule has 3 aromatic rings. The van der Waals surface area contributed by atoms with Gasteiger partial charge in [-0.25, -0.2) is 9.78 Å². The number of rotatable bonds is 8. The highest BCUT2D eigenvalue weighted by Gasteiger charge is 2.16. The van der Waals surface area contributed by atoms with Gasteiger partial charge < -0.3 is 20.1 Å². The molecule has 0 aliphatic carbocycles. The first-order valence-corrected chi connectivity index (χ1v) is 10.7. The molecule has 0 radical (unpaired) electrons. The molecule has 0 fully saturated rings. The van der Waals surface area contributed by atoms with Crippen molar-refractivity contribution in [3.63, 3.8) is 0 Å². The van der Waals surface area contributed by atoms with Crippen LogP contribution in [-0.4, -0.2) is 46.4 Å². The van der Waals surface area contributed by atoms with Crippen molar-refractivity contribution in [3.8, 4) is 0 Å². The fourth-order valence-corrected chi connectivity index (χ4v) is 3.61. The molecule has 31 heavy (non-hydrogen) atoms. The van der Waals surface area contributed by atoms with E-state index >= 15 is 0 Å². The third kappa shape index (κ3) is 6.06. The van der Waals surface area contributed by atoms with Crippen LogP contribution < -0.4 is 10.9 Å². The number of nitrogens with zero attached hydrogens (tertiary/aromatic N) is 3. The number of benzene rings is 2. The maximum absolute atomic E-state index is 12.9. The van der Waals surface area contributed by atoms with E-state index in [1.807, 2.05) is 39.2 Å². The number of fused-ring (bicyclic) bond motifs is 1. The number of halogens is 1. The van der Waals surface area contributed by atoms with Gasteiger partial charge in [-0.05, 0) is 49.8 Å². The van der Waals surface area contributed by atoms with Gasteiger partial charge in [0.15, 0.2) is 0 Å². The molecule has 2 N–H and O–H groups in total. The lowest BCUT2D eigenvalue weighted by Gasteiger charge is -2.23. The molecule has 0 atom stereocenters. The van der Waals surface area contributed by atoms with Crippen molar-refractivity contribution >= 4 is 28.5 Å². The minimum atomic E-state index is -0.244. The molecule has 7 nitrogen and oxygen atoms in total. The maximum Gasteiger partial charge on any atom is 0.318 e. The van der Waals surface area contributed by atoms with Crippen molar-refractivity contribution < 1.29 is 4.79 Å². The molecule has 3 rings (SSSR count). The lowest BCUT2D eigenvalue weighted by molar-refractivity contribution is 0.193. The van der Waals surface area contributed by atoms with Crippen LogP contribution in [0.3, 0.4) is 0 Å². The summed E-state index contributed by atoms with van der Waals surface area (Å²) in [4.78, 5) is 36.3. The van der Waals surface area contributed by atoms with Gasteiger partial charge in [0.2, 0.25) is 0 Å². The fourth-order valence-electron chi connectivity index (χ4n) is 3.45. The van der Waals surface area contributed by atoms with E-state index in [2.05, 4.69) is 26.3 Å². The molecule has 0 saturated heterocycles. The number of hydrogen-bond donors (Lipinski definition) is 2. The van der Waals surface area contributed by atoms with Crippen molar-refractivity contribution in [2.24, 2.45) is 0 Å². The standard InChI is InChI=1S/C23H28ClN5O2/c1-4-11-29(15-21-26-20-12-18(24)9-10-19(20)22(30)27-21)23(31)25-13-16-7-5-6-8-17(16)14-28(2)3/h5-10,12H,4,11,13-15H2,1-3H3,(H,25,31)(H,26,27,30). The van der Waals surface area contributed by atoms with Gasteiger partial charge in [-0.15, -0.1) is 0 Å². The molecule has 0 aliphatic rings. The number of urea groups is 1. The van der Waals surface area contributed by atoms with Crippen LogP contribution in [0.5, 0.6) is 0 Å². The van der Waals surface area contributed by atoms with E-state index in [1.54, 1.807) is 23.1 Å². The molecule has 164 valence electrons. The predicted octanol–water partition coefficient (Wildman–Crippen LogP) is 3.76. The highest BCUT2D eigenvalue weighted by atomic mass is 35.5. The first-order valence-electron chi connectivity index (χ1n) is 10.3. The number of nitrogens with one attached hydrogen (secondary N) is 2. The van der Waals surface area contributed by atoms with Crippen molar-refractivity contribution in [2.45, 2.75) is 33.0 Å². The predicted molar refractivity (Wildman–Crippen MR) is 124 cm³/mol. The molecule has 2 aromatic carbocycles. The van der Waals surface area contributed by atoms with Crippen LogP contribution in [0.1, 0.15) is 30.3 Å². The summed E-state index contributed by atoms with van der Waals surface area (Å²) in [6.45, 7) is 3.98. The lowest BCUT2D eigenvalue weighted by Crippen LogP contribution is -2.40. The molecule has 0 spiro atoms. The number of carbonyl (C=O) groups is 1. The van der Waals surface area contributed by atoms with Crippen LogP contribution >= 0.6 is 11.6 Å². The van der Waals surface area contributed by atoms with Crippen molar-refractivity contribution in [2.75, 3.05) is 20.6 Å². The zero-order chi connectivity index (χ0) is 22.4. The van der Waals surface area contributed by atoms with Crippen molar-refractivity contribution in [3.05, 3.63) is 74.8 Å². The second kappa shape index (κ2) is 10.4. The second-order valence-electron chi connectivity index (χ2n) is 7.76. The van der Waals surface area contributed by atoms with E-state index in [0.717, 1.165) is 18.5 Å². The zero-order valence-corrected chi connectivity index (χ0v) is 18.9. The van der Waals surface area contributed by atoms with Gasteiger partial charge in [-0.2, -0.15) is 0 Å². The smallest absolute Gasteiger partial charge is 0.318 e. The van der Waals surface area contributed by atoms with Gasteiger partial charge in [0, 0.05) is 24.7 Å². The summed E-state index contributed by atoms with van der Waals surface area (Å²) >= 11 is 6.04. The number of aromatic nitrogens is 2. The molecule has 0 unspecified atom stereocenters. The SMILES string of the molecule is CCCN(Cc1nc2cc(Cl)ccc2c(=O)[nH]1)C(=O)NCc1ccccc1CN(C)C. The third-order valence-electron chi connectivity index (χ3n) is 4.87. The summed E-state index contributed by atoms with van der Waals surface area (Å²) in [6.07, 6.45) is 0.786. The summed E-state index contributed by atoms with van der Waals surface area (Å²) in [6, 6.07) is 12.8. The zero-order valence-electron chi connectivity index (χ0n) is 18.1. The first kappa shape index (κ1) is 22.8. The number of hydrogen-bond acceptors (Lipinski definition) is 4. The summed E-state index contributed by atoms with van der Waals surface area (Å²) in [5, 5.41) is 3.99. The maximum atomic E-state index is 12.9. The lowest BCUT2D eigenvalue weighted by atomic mass is 10.1. The molecule has 0 saturated carbocycles. The Kier molecular flexibility index (Phi) is 7.65. The van der Waals surface area contributed by atoms with Gasteiger partial charge in [-0.1, -0.05) is 42.8 Å². The molecule has 8 heteroatoms. The average molecular weight is 442 g/mol. The van der Waals surface area contributed by atoms with E-state index < -0.39 is 0 Å². The summed E-state index contributed by atoms with van der Waals surface area (Å²) < 4.78 is 0. The highest BCUT2D eigenvalue weighted by molar-refractivity contribution is 6.31. The fraction of sp³-hybridized carbons (Fsp3) is 0.348. The number of carbonyl (C=O) groups excluding carboxylic acids is 1. The molecular formula is C23H28ClN5O2. The first-order chi connectivity index (χ1) is 14.9. The van der Waals surface area contributed by atoms with Crippen molar-refractivity contribution in [1.82, 2.24) is 25.1 Å². The normalized spacial score (nSPS) is 11.1. The number of amides is 2. The monoisotopic (exact) mass is 441 g/mol. The third-order valence-corrected chi connectivity index (χ3v) is 5.11. The Morgan fingerprint density at radius 1 is 1.13 bits per heavy atom. The second-order valence-corrected chi connectivity index (χ2v) is 8.20. The van der Waals surface area contributed by atoms with Crippen LogP contribution in [0.2, 0.25) is 5.02 Å². The molecule has 1 heterocycles. The van der Waals surface area contributed by atoms with E-state index in [4.69, 9.17) is 11.6 Å². The van der Waals surface area contributed by atoms with Crippen LogP contribution in [0, 0.1) is 0 Å². The quantitative estimate of drug-likeness (QED) is 0.557. The number of H-pyrrole nitrogens is 1. The average Bonchev–Trinajstić information content (AvgIpc) is 2.72. The Labute approximate surface area is 187 Å². The van der Waals surface area contributed by atoms with E-state index in [1.165, 1.54) is 5.56 Å². The van der Waals surface area contributed by atoms with Crippen LogP contribution in [-0.2, 0) is 19.6 Å². The summed E-state index contributed by atoms with van der Waals surface area (Å²) in [7, 11) is 4.03. The van der Waals surface area contributed by atoms with Crippen LogP contribution in [0.25, 0.3) is 10.9 Å². The Morgan fingerprint density at radius 2 is 1.87 bits per heavy atom. The minimum absolute atomic E-state index is 0.199. The van der Waals surface area contributed by atoms with Gasteiger partial charge >= 0.3 is 6.03 Å². The number of aromatic amines is 1. The molecule has 1 aromatic heterocycles. The Hall–Kier alpha value is -2.90. The minimum Gasteiger partial charge on any atom is -0.334 e. The van der Waals surface area contributed by atoms with Crippen LogP contribution in [0.4, 0.5) is 4.79 Å². The topological polar surface area (TPSA) is 81.3 Å². The van der Waals surface area contributed by atoms with Gasteiger partial charge in [0.05, 0.1) is 17.4 Å². The summed E-state index contributed by atoms with van der Waals surface area (Å²) in [5.41, 5.74) is 2.52. The van der Waals surface area contributed by atoms with Crippen molar-refractivity contribution in [1.29, 1.82) is 0 Å². The van der Waals surface area contributed by atoms with Gasteiger partial charge in [0.1, 0.15) is 5.82 Å². The highest BCUT2D eigenvalue weighted by Crippen LogP contribution is 2.15. The molecular weight excluding hydrogens is 414 g/mol. The van der Waals surface area contributed by atoms with E-state index in [0.29, 0.717) is 34.8 Å².